The van der Waals surface area contributed by atoms with Gasteiger partial charge in [-0.3, -0.25) is 4.98 Å². The molecule has 0 bridgehead atoms. The molecule has 0 N–H and O–H groups in total. The maximum Gasteiger partial charge on any atom is 0.229 e. The van der Waals surface area contributed by atoms with Crippen molar-refractivity contribution in [1.82, 2.24) is 19.7 Å². The summed E-state index contributed by atoms with van der Waals surface area (Å²) in [5, 5.41) is 4.25. The molecule has 102 valence electrons. The molecule has 0 aliphatic heterocycles. The smallest absolute Gasteiger partial charge is 0.229 e. The van der Waals surface area contributed by atoms with E-state index in [9.17, 15) is 0 Å². The SMILES string of the molecule is Cc1ccc2oc(-c3ccncc3-n3cccn3)nc2c1. The summed E-state index contributed by atoms with van der Waals surface area (Å²) < 4.78 is 7.62. The molecule has 5 heteroatoms. The van der Waals surface area contributed by atoms with E-state index in [1.807, 2.05) is 43.5 Å². The van der Waals surface area contributed by atoms with Crippen LogP contribution >= 0.6 is 0 Å². The minimum atomic E-state index is 0.573. The molecule has 0 atom stereocenters. The standard InChI is InChI=1S/C16H12N4O/c1-11-3-4-15-13(9-11)19-16(21-15)12-5-7-17-10-14(12)20-8-2-6-18-20/h2-10H,1H3. The average molecular weight is 276 g/mol. The Morgan fingerprint density at radius 1 is 1.14 bits per heavy atom. The summed E-state index contributed by atoms with van der Waals surface area (Å²) in [5.74, 6) is 0.573. The molecule has 4 aromatic rings. The van der Waals surface area contributed by atoms with E-state index < -0.39 is 0 Å². The van der Waals surface area contributed by atoms with Crippen molar-refractivity contribution >= 4 is 11.1 Å². The van der Waals surface area contributed by atoms with Crippen LogP contribution in [0, 0.1) is 6.92 Å². The molecule has 0 amide bonds. The minimum absolute atomic E-state index is 0.573. The van der Waals surface area contributed by atoms with Crippen molar-refractivity contribution in [2.75, 3.05) is 0 Å². The van der Waals surface area contributed by atoms with Gasteiger partial charge >= 0.3 is 0 Å². The summed E-state index contributed by atoms with van der Waals surface area (Å²) in [7, 11) is 0. The lowest BCUT2D eigenvalue weighted by atomic mass is 10.2. The van der Waals surface area contributed by atoms with Gasteiger partial charge in [-0.1, -0.05) is 6.07 Å². The van der Waals surface area contributed by atoms with Crippen LogP contribution in [0.2, 0.25) is 0 Å². The molecule has 5 nitrogen and oxygen atoms in total. The van der Waals surface area contributed by atoms with Crippen molar-refractivity contribution in [3.8, 4) is 17.1 Å². The van der Waals surface area contributed by atoms with Gasteiger partial charge in [0, 0.05) is 18.6 Å². The zero-order valence-electron chi connectivity index (χ0n) is 11.4. The quantitative estimate of drug-likeness (QED) is 0.563. The molecule has 0 aliphatic carbocycles. The number of aryl methyl sites for hydroxylation is 1. The fraction of sp³-hybridized carbons (Fsp3) is 0.0625. The molecule has 0 fully saturated rings. The first-order valence-electron chi connectivity index (χ1n) is 6.63. The van der Waals surface area contributed by atoms with Gasteiger partial charge in [-0.25, -0.2) is 9.67 Å². The van der Waals surface area contributed by atoms with Crippen LogP contribution in [0.5, 0.6) is 0 Å². The molecule has 21 heavy (non-hydrogen) atoms. The number of rotatable bonds is 2. The topological polar surface area (TPSA) is 56.7 Å². The maximum atomic E-state index is 5.87. The van der Waals surface area contributed by atoms with Crippen LogP contribution in [0.3, 0.4) is 0 Å². The summed E-state index contributed by atoms with van der Waals surface area (Å²) in [6.45, 7) is 2.04. The molecular formula is C16H12N4O. The van der Waals surface area contributed by atoms with Gasteiger partial charge in [-0.05, 0) is 36.8 Å². The Labute approximate surface area is 120 Å². The first-order chi connectivity index (χ1) is 10.3. The lowest BCUT2D eigenvalue weighted by molar-refractivity contribution is 0.618. The molecular weight excluding hydrogens is 264 g/mol. The highest BCUT2D eigenvalue weighted by molar-refractivity contribution is 5.78. The summed E-state index contributed by atoms with van der Waals surface area (Å²) in [4.78, 5) is 8.74. The van der Waals surface area contributed by atoms with Gasteiger partial charge in [-0.2, -0.15) is 5.10 Å². The summed E-state index contributed by atoms with van der Waals surface area (Å²) in [6.07, 6.45) is 7.07. The Balaban J connectivity index is 1.93. The number of fused-ring (bicyclic) bond motifs is 1. The molecule has 0 saturated carbocycles. The Kier molecular flexibility index (Phi) is 2.57. The Morgan fingerprint density at radius 3 is 2.95 bits per heavy atom. The Morgan fingerprint density at radius 2 is 2.10 bits per heavy atom. The molecule has 3 aromatic heterocycles. The van der Waals surface area contributed by atoms with Gasteiger partial charge in [0.25, 0.3) is 0 Å². The number of pyridine rings is 1. The van der Waals surface area contributed by atoms with Crippen LogP contribution in [-0.4, -0.2) is 19.7 Å². The maximum absolute atomic E-state index is 5.87. The monoisotopic (exact) mass is 276 g/mol. The van der Waals surface area contributed by atoms with Crippen molar-refractivity contribution in [3.63, 3.8) is 0 Å². The number of benzene rings is 1. The van der Waals surface area contributed by atoms with Gasteiger partial charge in [0.05, 0.1) is 17.4 Å². The number of hydrogen-bond donors (Lipinski definition) is 0. The van der Waals surface area contributed by atoms with E-state index in [4.69, 9.17) is 4.42 Å². The van der Waals surface area contributed by atoms with E-state index in [2.05, 4.69) is 15.1 Å². The first kappa shape index (κ1) is 11.8. The molecule has 4 rings (SSSR count). The number of nitrogens with zero attached hydrogens (tertiary/aromatic N) is 4. The van der Waals surface area contributed by atoms with Crippen LogP contribution in [-0.2, 0) is 0 Å². The lowest BCUT2D eigenvalue weighted by Gasteiger charge is -2.05. The van der Waals surface area contributed by atoms with E-state index in [1.54, 1.807) is 23.3 Å². The van der Waals surface area contributed by atoms with Crippen molar-refractivity contribution < 1.29 is 4.42 Å². The van der Waals surface area contributed by atoms with Crippen LogP contribution in [0.25, 0.3) is 28.2 Å². The van der Waals surface area contributed by atoms with Gasteiger partial charge < -0.3 is 4.42 Å². The Bertz CT molecular complexity index is 909. The molecule has 0 radical (unpaired) electrons. The van der Waals surface area contributed by atoms with Crippen molar-refractivity contribution in [2.45, 2.75) is 6.92 Å². The Hall–Kier alpha value is -2.95. The second-order valence-corrected chi connectivity index (χ2v) is 4.83. The molecule has 0 aliphatic rings. The predicted octanol–water partition coefficient (Wildman–Crippen LogP) is 3.38. The van der Waals surface area contributed by atoms with Gasteiger partial charge in [0.1, 0.15) is 5.52 Å². The molecule has 3 heterocycles. The molecule has 0 unspecified atom stereocenters. The predicted molar refractivity (Wildman–Crippen MR) is 79.1 cm³/mol. The minimum Gasteiger partial charge on any atom is -0.436 e. The highest BCUT2D eigenvalue weighted by atomic mass is 16.3. The van der Waals surface area contributed by atoms with Gasteiger partial charge in [-0.15, -0.1) is 0 Å². The largest absolute Gasteiger partial charge is 0.436 e. The zero-order chi connectivity index (χ0) is 14.2. The number of oxazole rings is 1. The van der Waals surface area contributed by atoms with Crippen LogP contribution in [0.15, 0.2) is 59.5 Å². The van der Waals surface area contributed by atoms with Crippen LogP contribution in [0.4, 0.5) is 0 Å². The van der Waals surface area contributed by atoms with Crippen molar-refractivity contribution in [2.24, 2.45) is 0 Å². The number of hydrogen-bond acceptors (Lipinski definition) is 4. The fourth-order valence-corrected chi connectivity index (χ4v) is 2.31. The summed E-state index contributed by atoms with van der Waals surface area (Å²) in [6, 6.07) is 9.71. The van der Waals surface area contributed by atoms with Crippen LogP contribution in [0.1, 0.15) is 5.56 Å². The third kappa shape index (κ3) is 1.99. The third-order valence-electron chi connectivity index (χ3n) is 3.32. The van der Waals surface area contributed by atoms with Crippen LogP contribution < -0.4 is 0 Å². The zero-order valence-corrected chi connectivity index (χ0v) is 11.4. The molecule has 1 aromatic carbocycles. The second kappa shape index (κ2) is 4.56. The first-order valence-corrected chi connectivity index (χ1v) is 6.63. The normalized spacial score (nSPS) is 11.1. The van der Waals surface area contributed by atoms with E-state index in [-0.39, 0.29) is 0 Å². The molecule has 0 saturated heterocycles. The fourth-order valence-electron chi connectivity index (χ4n) is 2.31. The second-order valence-electron chi connectivity index (χ2n) is 4.83. The van der Waals surface area contributed by atoms with Gasteiger partial charge in [0.15, 0.2) is 5.58 Å². The van der Waals surface area contributed by atoms with Gasteiger partial charge in [0.2, 0.25) is 5.89 Å². The van der Waals surface area contributed by atoms with E-state index in [1.165, 1.54) is 0 Å². The lowest BCUT2D eigenvalue weighted by Crippen LogP contribution is -1.98. The molecule has 0 spiro atoms. The van der Waals surface area contributed by atoms with Crippen molar-refractivity contribution in [1.29, 1.82) is 0 Å². The summed E-state index contributed by atoms with van der Waals surface area (Å²) >= 11 is 0. The van der Waals surface area contributed by atoms with E-state index >= 15 is 0 Å². The van der Waals surface area contributed by atoms with E-state index in [0.717, 1.165) is 27.9 Å². The highest BCUT2D eigenvalue weighted by Crippen LogP contribution is 2.28. The number of aromatic nitrogens is 4. The van der Waals surface area contributed by atoms with E-state index in [0.29, 0.717) is 5.89 Å². The average Bonchev–Trinajstić information content (AvgIpc) is 3.16. The third-order valence-corrected chi connectivity index (χ3v) is 3.32. The highest BCUT2D eigenvalue weighted by Gasteiger charge is 2.13. The summed E-state index contributed by atoms with van der Waals surface area (Å²) in [5.41, 5.74) is 4.49. The van der Waals surface area contributed by atoms with Crippen molar-refractivity contribution in [3.05, 3.63) is 60.7 Å².